The molecule has 1 aliphatic carbocycles. The van der Waals surface area contributed by atoms with Gasteiger partial charge in [-0.25, -0.2) is 0 Å². The molecule has 0 aromatic heterocycles. The predicted octanol–water partition coefficient (Wildman–Crippen LogP) is 15.2. The van der Waals surface area contributed by atoms with Crippen molar-refractivity contribution in [1.82, 2.24) is 0 Å². The van der Waals surface area contributed by atoms with Crippen LogP contribution >= 0.6 is 0 Å². The van der Waals surface area contributed by atoms with Crippen molar-refractivity contribution in [3.8, 4) is 28.4 Å². The Morgan fingerprint density at radius 1 is 0.333 bits per heavy atom. The fraction of sp³-hybridized carbons (Fsp3) is 0.158. The van der Waals surface area contributed by atoms with Crippen molar-refractivity contribution in [2.45, 2.75) is 59.8 Å². The van der Waals surface area contributed by atoms with Gasteiger partial charge in [0.25, 0.3) is 0 Å². The lowest BCUT2D eigenvalue weighted by Gasteiger charge is -2.34. The van der Waals surface area contributed by atoms with E-state index in [0.29, 0.717) is 5.75 Å². The molecule has 9 aromatic carbocycles. The maximum absolute atomic E-state index is 10.0. The van der Waals surface area contributed by atoms with Gasteiger partial charge < -0.3 is 15.3 Å². The van der Waals surface area contributed by atoms with E-state index in [9.17, 15) is 10.2 Å². The number of aryl methyl sites for hydroxylation is 2. The molecule has 0 atom stereocenters. The van der Waals surface area contributed by atoms with Gasteiger partial charge in [0.2, 0.25) is 0 Å². The lowest BCUT2D eigenvalue weighted by Crippen LogP contribution is -2.28. The first-order valence-electron chi connectivity index (χ1n) is 21.3. The molecule has 1 aliphatic rings. The van der Waals surface area contributed by atoms with E-state index < -0.39 is 5.41 Å². The molecule has 0 heterocycles. The van der Waals surface area contributed by atoms with Crippen molar-refractivity contribution < 1.29 is 15.3 Å². The number of phenols is 3. The molecule has 9 aromatic rings. The molecule has 0 aliphatic heterocycles. The van der Waals surface area contributed by atoms with Gasteiger partial charge >= 0.3 is 0 Å². The maximum atomic E-state index is 10.0. The summed E-state index contributed by atoms with van der Waals surface area (Å²) in [5.74, 6) is 0.868. The molecule has 0 bridgehead atoms. The molecule has 0 fully saturated rings. The summed E-state index contributed by atoms with van der Waals surface area (Å²) < 4.78 is 0. The minimum absolute atomic E-state index is 0.273. The Morgan fingerprint density at radius 3 is 1.07 bits per heavy atom. The quantitative estimate of drug-likeness (QED) is 0.166. The molecule has 0 spiro atoms. The van der Waals surface area contributed by atoms with Crippen molar-refractivity contribution in [2.24, 2.45) is 0 Å². The van der Waals surface area contributed by atoms with Crippen molar-refractivity contribution in [1.29, 1.82) is 0 Å². The van der Waals surface area contributed by atoms with Crippen LogP contribution in [-0.4, -0.2) is 15.3 Å². The van der Waals surface area contributed by atoms with Crippen LogP contribution in [0.15, 0.2) is 188 Å². The minimum Gasteiger partial charge on any atom is -0.508 e. The molecule has 60 heavy (non-hydrogen) atoms. The van der Waals surface area contributed by atoms with Gasteiger partial charge in [-0.2, -0.15) is 0 Å². The maximum Gasteiger partial charge on any atom is 0.116 e. The van der Waals surface area contributed by atoms with Gasteiger partial charge in [0, 0.05) is 0 Å². The highest BCUT2D eigenvalue weighted by Crippen LogP contribution is 2.56. The van der Waals surface area contributed by atoms with Crippen LogP contribution in [0.3, 0.4) is 0 Å². The number of fused-ring (bicyclic) bond motifs is 6. The first-order valence-corrected chi connectivity index (χ1v) is 21.3. The third kappa shape index (κ3) is 8.77. The zero-order valence-electron chi connectivity index (χ0n) is 35.7. The van der Waals surface area contributed by atoms with Crippen LogP contribution in [0.1, 0.15) is 74.9 Å². The highest BCUT2D eigenvalue weighted by molar-refractivity contribution is 5.92. The number of phenolic OH excluding ortho intramolecular Hbond substituents is 3. The molecule has 3 nitrogen and oxygen atoms in total. The summed E-state index contributed by atoms with van der Waals surface area (Å²) in [6.45, 7) is 12.4. The third-order valence-electron chi connectivity index (χ3n) is 11.0. The second kappa shape index (κ2) is 19.7. The van der Waals surface area contributed by atoms with Crippen molar-refractivity contribution in [3.05, 3.63) is 221 Å². The average Bonchev–Trinajstić information content (AvgIpc) is 3.61. The van der Waals surface area contributed by atoms with E-state index >= 15 is 0 Å². The van der Waals surface area contributed by atoms with E-state index in [1.165, 1.54) is 44.5 Å². The van der Waals surface area contributed by atoms with Crippen LogP contribution in [0.25, 0.3) is 43.4 Å². The first-order chi connectivity index (χ1) is 29.4. The second-order valence-electron chi connectivity index (χ2n) is 14.4. The summed E-state index contributed by atoms with van der Waals surface area (Å²) in [7, 11) is 0. The highest BCUT2D eigenvalue weighted by atomic mass is 16.3. The fourth-order valence-corrected chi connectivity index (χ4v) is 8.14. The lowest BCUT2D eigenvalue weighted by molar-refractivity contribution is 0.475. The van der Waals surface area contributed by atoms with E-state index in [4.69, 9.17) is 5.11 Å². The molecule has 0 saturated heterocycles. The zero-order valence-corrected chi connectivity index (χ0v) is 35.7. The number of hydrogen-bond donors (Lipinski definition) is 3. The summed E-state index contributed by atoms with van der Waals surface area (Å²) in [6, 6.07) is 63.7. The molecule has 3 heteroatoms. The van der Waals surface area contributed by atoms with Crippen LogP contribution in [0, 0.1) is 0 Å². The standard InChI is InChI=1S/C33H22O2.C10H8O.C10H14.2C2H6/c34-27-15-11-21-17-25(13-9-23(21)19-27)33(26-14-10-24-20-28(35)16-12-22(24)18-26)31-7-3-1-5-29(31)30-6-2-4-8-32(30)33;11-10-6-5-8-3-1-2-4-9(8)7-10;1-3-9-5-7-10(4-2)8-6-9;2*1-2/h1-20,34-35H;1-7,11H;5-8H,3-4H2,1-2H3;2*1-2H3. The second-order valence-corrected chi connectivity index (χ2v) is 14.4. The monoisotopic (exact) mass is 788 g/mol. The highest BCUT2D eigenvalue weighted by Gasteiger charge is 2.46. The van der Waals surface area contributed by atoms with Gasteiger partial charge in [0.15, 0.2) is 0 Å². The van der Waals surface area contributed by atoms with Crippen molar-refractivity contribution in [3.63, 3.8) is 0 Å². The van der Waals surface area contributed by atoms with Gasteiger partial charge in [-0.3, -0.25) is 0 Å². The van der Waals surface area contributed by atoms with Crippen LogP contribution in [-0.2, 0) is 18.3 Å². The largest absolute Gasteiger partial charge is 0.508 e. The van der Waals surface area contributed by atoms with Gasteiger partial charge in [-0.05, 0) is 138 Å². The first kappa shape index (κ1) is 42.8. The van der Waals surface area contributed by atoms with Crippen molar-refractivity contribution in [2.75, 3.05) is 0 Å². The molecule has 3 N–H and O–H groups in total. The Hall–Kier alpha value is -6.84. The number of aromatic hydroxyl groups is 3. The smallest absolute Gasteiger partial charge is 0.116 e. The zero-order chi connectivity index (χ0) is 42.6. The summed E-state index contributed by atoms with van der Waals surface area (Å²) in [5, 5.41) is 35.6. The Bertz CT molecular complexity index is 2660. The van der Waals surface area contributed by atoms with Gasteiger partial charge in [-0.1, -0.05) is 181 Å². The van der Waals surface area contributed by atoms with E-state index in [1.807, 2.05) is 82.3 Å². The number of rotatable bonds is 4. The van der Waals surface area contributed by atoms with Crippen LogP contribution < -0.4 is 0 Å². The minimum atomic E-state index is -0.495. The molecular formula is C57H56O3. The van der Waals surface area contributed by atoms with E-state index in [0.717, 1.165) is 45.2 Å². The van der Waals surface area contributed by atoms with Gasteiger partial charge in [-0.15, -0.1) is 0 Å². The SMILES string of the molecule is CC.CC.CCc1ccc(CC)cc1.Oc1ccc2cc(C3(c4ccc5cc(O)ccc5c4)c4ccccc4-c4ccccc43)ccc2c1.Oc1ccc2ccccc2c1. The van der Waals surface area contributed by atoms with E-state index in [1.54, 1.807) is 24.3 Å². The Morgan fingerprint density at radius 2 is 0.650 bits per heavy atom. The fourth-order valence-electron chi connectivity index (χ4n) is 8.14. The van der Waals surface area contributed by atoms with Crippen LogP contribution in [0.2, 0.25) is 0 Å². The molecular weight excluding hydrogens is 733 g/mol. The average molecular weight is 789 g/mol. The molecule has 302 valence electrons. The number of benzene rings is 9. The summed E-state index contributed by atoms with van der Waals surface area (Å²) >= 11 is 0. The Labute approximate surface area is 355 Å². The van der Waals surface area contributed by atoms with E-state index in [-0.39, 0.29) is 11.5 Å². The third-order valence-corrected chi connectivity index (χ3v) is 11.0. The molecule has 0 saturated carbocycles. The predicted molar refractivity (Wildman–Crippen MR) is 256 cm³/mol. The van der Waals surface area contributed by atoms with Crippen molar-refractivity contribution >= 4 is 32.3 Å². The Balaban J connectivity index is 0.000000197. The normalized spacial score (nSPS) is 11.6. The summed E-state index contributed by atoms with van der Waals surface area (Å²) in [6.07, 6.45) is 2.29. The van der Waals surface area contributed by atoms with Gasteiger partial charge in [0.1, 0.15) is 17.2 Å². The molecule has 0 radical (unpaired) electrons. The van der Waals surface area contributed by atoms with Crippen LogP contribution in [0.4, 0.5) is 0 Å². The summed E-state index contributed by atoms with van der Waals surface area (Å²) in [4.78, 5) is 0. The Kier molecular flexibility index (Phi) is 14.1. The molecule has 10 rings (SSSR count). The van der Waals surface area contributed by atoms with E-state index in [2.05, 4.69) is 123 Å². The topological polar surface area (TPSA) is 60.7 Å². The molecule has 0 unspecified atom stereocenters. The van der Waals surface area contributed by atoms with Gasteiger partial charge in [0.05, 0.1) is 5.41 Å². The number of hydrogen-bond acceptors (Lipinski definition) is 3. The summed E-state index contributed by atoms with van der Waals surface area (Å²) in [5.41, 5.74) is 9.76. The van der Waals surface area contributed by atoms with Crippen LogP contribution in [0.5, 0.6) is 17.2 Å². The molecule has 0 amide bonds. The lowest BCUT2D eigenvalue weighted by atomic mass is 9.67.